The standard InChI is InChI=1S/C9H8BrF2NOS/c10-5-3-6(11)9(7(12)4-5)13-8(14)1-2-15/h3-4,15H,1-2H2,(H,13,14). The number of rotatable bonds is 3. The van der Waals surface area contributed by atoms with Crippen molar-refractivity contribution in [3.63, 3.8) is 0 Å². The number of hydrogen-bond acceptors (Lipinski definition) is 2. The summed E-state index contributed by atoms with van der Waals surface area (Å²) in [7, 11) is 0. The van der Waals surface area contributed by atoms with Gasteiger partial charge in [0.25, 0.3) is 0 Å². The number of nitrogens with one attached hydrogen (secondary N) is 1. The molecule has 0 unspecified atom stereocenters. The Labute approximate surface area is 99.6 Å². The van der Waals surface area contributed by atoms with Crippen LogP contribution in [0.5, 0.6) is 0 Å². The summed E-state index contributed by atoms with van der Waals surface area (Å²) in [4.78, 5) is 11.1. The molecule has 0 aliphatic carbocycles. The van der Waals surface area contributed by atoms with Gasteiger partial charge in [-0.1, -0.05) is 15.9 Å². The van der Waals surface area contributed by atoms with Crippen LogP contribution in [-0.4, -0.2) is 11.7 Å². The van der Waals surface area contributed by atoms with E-state index in [1.165, 1.54) is 0 Å². The number of carbonyl (C=O) groups excluding carboxylic acids is 1. The first-order valence-electron chi connectivity index (χ1n) is 4.10. The summed E-state index contributed by atoms with van der Waals surface area (Å²) in [6.07, 6.45) is 0.109. The number of thiol groups is 1. The van der Waals surface area contributed by atoms with Gasteiger partial charge in [-0.05, 0) is 17.9 Å². The number of carbonyl (C=O) groups is 1. The third-order valence-corrected chi connectivity index (χ3v) is 2.29. The maximum absolute atomic E-state index is 13.2. The van der Waals surface area contributed by atoms with Gasteiger partial charge in [-0.15, -0.1) is 0 Å². The summed E-state index contributed by atoms with van der Waals surface area (Å²) in [5.41, 5.74) is -0.426. The number of benzene rings is 1. The topological polar surface area (TPSA) is 29.1 Å². The van der Waals surface area contributed by atoms with Crippen LogP contribution in [0, 0.1) is 11.6 Å². The van der Waals surface area contributed by atoms with Gasteiger partial charge in [-0.2, -0.15) is 12.6 Å². The van der Waals surface area contributed by atoms with Crippen molar-refractivity contribution in [2.45, 2.75) is 6.42 Å². The number of halogens is 3. The first-order chi connectivity index (χ1) is 7.04. The van der Waals surface area contributed by atoms with Crippen LogP contribution in [0.3, 0.4) is 0 Å². The van der Waals surface area contributed by atoms with Crippen molar-refractivity contribution in [3.8, 4) is 0 Å². The molecule has 2 nitrogen and oxygen atoms in total. The van der Waals surface area contributed by atoms with Gasteiger partial charge in [0.2, 0.25) is 5.91 Å². The molecule has 0 spiro atoms. The minimum Gasteiger partial charge on any atom is -0.321 e. The Balaban J connectivity index is 2.90. The first kappa shape index (κ1) is 12.4. The monoisotopic (exact) mass is 295 g/mol. The average Bonchev–Trinajstić information content (AvgIpc) is 2.11. The minimum absolute atomic E-state index is 0.109. The summed E-state index contributed by atoms with van der Waals surface area (Å²) in [6.45, 7) is 0. The highest BCUT2D eigenvalue weighted by Gasteiger charge is 2.12. The van der Waals surface area contributed by atoms with Gasteiger partial charge in [0, 0.05) is 10.9 Å². The second-order valence-corrected chi connectivity index (χ2v) is 4.13. The van der Waals surface area contributed by atoms with Gasteiger partial charge in [0.15, 0.2) is 11.6 Å². The average molecular weight is 296 g/mol. The van der Waals surface area contributed by atoms with Crippen LogP contribution < -0.4 is 5.32 Å². The lowest BCUT2D eigenvalue weighted by Gasteiger charge is -2.07. The van der Waals surface area contributed by atoms with Crippen LogP contribution in [0.25, 0.3) is 0 Å². The maximum atomic E-state index is 13.2. The molecule has 0 radical (unpaired) electrons. The molecule has 0 saturated heterocycles. The van der Waals surface area contributed by atoms with Gasteiger partial charge >= 0.3 is 0 Å². The normalized spacial score (nSPS) is 10.1. The molecule has 0 aromatic heterocycles. The molecular weight excluding hydrogens is 288 g/mol. The summed E-state index contributed by atoms with van der Waals surface area (Å²) >= 11 is 6.78. The van der Waals surface area contributed by atoms with Gasteiger partial charge in [-0.3, -0.25) is 4.79 Å². The lowest BCUT2D eigenvalue weighted by Crippen LogP contribution is -2.14. The number of amides is 1. The molecule has 6 heteroatoms. The fourth-order valence-electron chi connectivity index (χ4n) is 0.965. The predicted molar refractivity (Wildman–Crippen MR) is 61.2 cm³/mol. The Morgan fingerprint density at radius 3 is 2.40 bits per heavy atom. The molecule has 0 aliphatic rings. The molecule has 1 rings (SSSR count). The zero-order chi connectivity index (χ0) is 11.4. The molecule has 0 bridgehead atoms. The third-order valence-electron chi connectivity index (χ3n) is 1.61. The van der Waals surface area contributed by atoms with E-state index in [-0.39, 0.29) is 10.9 Å². The van der Waals surface area contributed by atoms with Crippen molar-refractivity contribution in [3.05, 3.63) is 28.2 Å². The predicted octanol–water partition coefficient (Wildman–Crippen LogP) is 2.99. The largest absolute Gasteiger partial charge is 0.321 e. The summed E-state index contributed by atoms with van der Waals surface area (Å²) in [5.74, 6) is -1.76. The van der Waals surface area contributed by atoms with Crippen LogP contribution in [0.1, 0.15) is 6.42 Å². The molecule has 0 fully saturated rings. The first-order valence-corrected chi connectivity index (χ1v) is 5.52. The number of anilines is 1. The second-order valence-electron chi connectivity index (χ2n) is 2.77. The Bertz CT molecular complexity index is 363. The molecule has 1 N–H and O–H groups in total. The maximum Gasteiger partial charge on any atom is 0.225 e. The van der Waals surface area contributed by atoms with Crippen molar-refractivity contribution in [1.29, 1.82) is 0 Å². The molecule has 82 valence electrons. The molecule has 1 aromatic rings. The molecule has 1 aromatic carbocycles. The summed E-state index contributed by atoms with van der Waals surface area (Å²) in [5, 5.41) is 2.15. The smallest absolute Gasteiger partial charge is 0.225 e. The van der Waals surface area contributed by atoms with Gasteiger partial charge in [0.05, 0.1) is 0 Å². The Hall–Kier alpha value is -0.620. The van der Waals surface area contributed by atoms with Crippen LogP contribution in [-0.2, 0) is 4.79 Å². The molecule has 0 atom stereocenters. The van der Waals surface area contributed by atoms with Crippen molar-refractivity contribution < 1.29 is 13.6 Å². The van der Waals surface area contributed by atoms with Crippen LogP contribution in [0.2, 0.25) is 0 Å². The van der Waals surface area contributed by atoms with Crippen molar-refractivity contribution >= 4 is 40.2 Å². The van der Waals surface area contributed by atoms with Gasteiger partial charge < -0.3 is 5.32 Å². The lowest BCUT2D eigenvalue weighted by molar-refractivity contribution is -0.115. The van der Waals surface area contributed by atoms with E-state index in [0.29, 0.717) is 5.75 Å². The molecule has 0 heterocycles. The zero-order valence-electron chi connectivity index (χ0n) is 7.56. The third kappa shape index (κ3) is 3.46. The Morgan fingerprint density at radius 1 is 1.40 bits per heavy atom. The van der Waals surface area contributed by atoms with Crippen LogP contribution in [0.15, 0.2) is 16.6 Å². The van der Waals surface area contributed by atoms with Crippen molar-refractivity contribution in [2.75, 3.05) is 11.1 Å². The molecule has 15 heavy (non-hydrogen) atoms. The SMILES string of the molecule is O=C(CCS)Nc1c(F)cc(Br)cc1F. The van der Waals surface area contributed by atoms with E-state index in [1.54, 1.807) is 0 Å². The van der Waals surface area contributed by atoms with Crippen LogP contribution in [0.4, 0.5) is 14.5 Å². The van der Waals surface area contributed by atoms with Crippen LogP contribution >= 0.6 is 28.6 Å². The quantitative estimate of drug-likeness (QED) is 0.825. The van der Waals surface area contributed by atoms with E-state index in [1.807, 2.05) is 0 Å². The van der Waals surface area contributed by atoms with E-state index in [4.69, 9.17) is 0 Å². The van der Waals surface area contributed by atoms with Gasteiger partial charge in [-0.25, -0.2) is 8.78 Å². The fraction of sp³-hybridized carbons (Fsp3) is 0.222. The highest BCUT2D eigenvalue weighted by molar-refractivity contribution is 9.10. The molecular formula is C9H8BrF2NOS. The minimum atomic E-state index is -0.811. The van der Waals surface area contributed by atoms with Crippen molar-refractivity contribution in [2.24, 2.45) is 0 Å². The highest BCUT2D eigenvalue weighted by atomic mass is 79.9. The highest BCUT2D eigenvalue weighted by Crippen LogP contribution is 2.23. The van der Waals surface area contributed by atoms with E-state index >= 15 is 0 Å². The summed E-state index contributed by atoms with van der Waals surface area (Å²) < 4.78 is 26.7. The van der Waals surface area contributed by atoms with E-state index < -0.39 is 23.2 Å². The summed E-state index contributed by atoms with van der Waals surface area (Å²) in [6, 6.07) is 2.17. The van der Waals surface area contributed by atoms with Gasteiger partial charge in [0.1, 0.15) is 5.69 Å². The van der Waals surface area contributed by atoms with Crippen molar-refractivity contribution in [1.82, 2.24) is 0 Å². The van der Waals surface area contributed by atoms with E-state index in [2.05, 4.69) is 33.9 Å². The molecule has 0 saturated carbocycles. The Kier molecular flexibility index (Phi) is 4.53. The lowest BCUT2D eigenvalue weighted by atomic mass is 10.3. The molecule has 1 amide bonds. The second kappa shape index (κ2) is 5.46. The van der Waals surface area contributed by atoms with E-state index in [0.717, 1.165) is 12.1 Å². The van der Waals surface area contributed by atoms with E-state index in [9.17, 15) is 13.6 Å². The fourth-order valence-corrected chi connectivity index (χ4v) is 1.57. The zero-order valence-corrected chi connectivity index (χ0v) is 10.0. The molecule has 0 aliphatic heterocycles. The Morgan fingerprint density at radius 2 is 1.93 bits per heavy atom. The number of hydrogen-bond donors (Lipinski definition) is 2.